The highest BCUT2D eigenvalue weighted by Crippen LogP contribution is 2.28. The molecule has 0 amide bonds. The first-order valence-corrected chi connectivity index (χ1v) is 7.99. The SMILES string of the molecule is COc1ccc(C2CCCN(Cc3ncc(OC)cn3)C2)cc1. The summed E-state index contributed by atoms with van der Waals surface area (Å²) in [5, 5.41) is 0. The van der Waals surface area contributed by atoms with Gasteiger partial charge in [0.15, 0.2) is 5.75 Å². The molecule has 1 saturated heterocycles. The van der Waals surface area contributed by atoms with Crippen LogP contribution in [0.2, 0.25) is 0 Å². The summed E-state index contributed by atoms with van der Waals surface area (Å²) in [6.45, 7) is 2.93. The van der Waals surface area contributed by atoms with Crippen LogP contribution >= 0.6 is 0 Å². The lowest BCUT2D eigenvalue weighted by Gasteiger charge is -2.32. The van der Waals surface area contributed by atoms with E-state index in [-0.39, 0.29) is 0 Å². The Labute approximate surface area is 137 Å². The molecule has 0 N–H and O–H groups in total. The number of nitrogens with zero attached hydrogens (tertiary/aromatic N) is 3. The van der Waals surface area contributed by atoms with E-state index in [1.807, 2.05) is 12.1 Å². The summed E-state index contributed by atoms with van der Waals surface area (Å²) >= 11 is 0. The van der Waals surface area contributed by atoms with Gasteiger partial charge in [0, 0.05) is 6.54 Å². The second kappa shape index (κ2) is 7.42. The minimum absolute atomic E-state index is 0.563. The van der Waals surface area contributed by atoms with Gasteiger partial charge < -0.3 is 9.47 Å². The summed E-state index contributed by atoms with van der Waals surface area (Å²) in [6, 6.07) is 8.44. The summed E-state index contributed by atoms with van der Waals surface area (Å²) in [6.07, 6.45) is 5.89. The fourth-order valence-electron chi connectivity index (χ4n) is 3.08. The van der Waals surface area contributed by atoms with Gasteiger partial charge in [-0.05, 0) is 43.0 Å². The van der Waals surface area contributed by atoms with Crippen molar-refractivity contribution in [2.45, 2.75) is 25.3 Å². The second-order valence-corrected chi connectivity index (χ2v) is 5.89. The largest absolute Gasteiger partial charge is 0.497 e. The molecule has 0 spiro atoms. The van der Waals surface area contributed by atoms with Crippen molar-refractivity contribution in [3.63, 3.8) is 0 Å². The number of methoxy groups -OCH3 is 2. The summed E-state index contributed by atoms with van der Waals surface area (Å²) < 4.78 is 10.3. The predicted octanol–water partition coefficient (Wildman–Crippen LogP) is 2.87. The van der Waals surface area contributed by atoms with Crippen LogP contribution in [-0.4, -0.2) is 42.2 Å². The Morgan fingerprint density at radius 3 is 2.39 bits per heavy atom. The van der Waals surface area contributed by atoms with Crippen molar-refractivity contribution in [2.24, 2.45) is 0 Å². The monoisotopic (exact) mass is 313 g/mol. The van der Waals surface area contributed by atoms with E-state index in [0.29, 0.717) is 11.7 Å². The molecule has 1 aromatic heterocycles. The minimum Gasteiger partial charge on any atom is -0.497 e. The van der Waals surface area contributed by atoms with E-state index in [9.17, 15) is 0 Å². The Hall–Kier alpha value is -2.14. The van der Waals surface area contributed by atoms with Gasteiger partial charge in [0.1, 0.15) is 11.6 Å². The Morgan fingerprint density at radius 1 is 1.04 bits per heavy atom. The van der Waals surface area contributed by atoms with E-state index in [4.69, 9.17) is 9.47 Å². The number of rotatable bonds is 5. The summed E-state index contributed by atoms with van der Waals surface area (Å²) in [5.74, 6) is 3.02. The minimum atomic E-state index is 0.563. The Bertz CT molecular complexity index is 613. The van der Waals surface area contributed by atoms with E-state index in [1.54, 1.807) is 26.6 Å². The normalized spacial score (nSPS) is 18.6. The standard InChI is InChI=1S/C18H23N3O2/c1-22-16-7-5-14(6-8-16)15-4-3-9-21(12-15)13-18-19-10-17(23-2)11-20-18/h5-8,10-11,15H,3-4,9,12-13H2,1-2H3. The summed E-state index contributed by atoms with van der Waals surface area (Å²) in [7, 11) is 3.33. The third kappa shape index (κ3) is 3.99. The van der Waals surface area contributed by atoms with Crippen molar-refractivity contribution in [3.8, 4) is 11.5 Å². The lowest BCUT2D eigenvalue weighted by atomic mass is 9.90. The molecule has 2 aromatic rings. The molecule has 5 heteroatoms. The van der Waals surface area contributed by atoms with Crippen molar-refractivity contribution in [1.29, 1.82) is 0 Å². The molecule has 1 fully saturated rings. The van der Waals surface area contributed by atoms with Crippen molar-refractivity contribution < 1.29 is 9.47 Å². The molecule has 1 atom stereocenters. The summed E-state index contributed by atoms with van der Waals surface area (Å²) in [5.41, 5.74) is 1.38. The van der Waals surface area contributed by atoms with Crippen LogP contribution in [-0.2, 0) is 6.54 Å². The smallest absolute Gasteiger partial charge is 0.155 e. The molecule has 0 aliphatic carbocycles. The maximum atomic E-state index is 5.24. The average molecular weight is 313 g/mol. The molecule has 5 nitrogen and oxygen atoms in total. The topological polar surface area (TPSA) is 47.5 Å². The van der Waals surface area contributed by atoms with Gasteiger partial charge in [-0.3, -0.25) is 4.90 Å². The van der Waals surface area contributed by atoms with Gasteiger partial charge in [-0.15, -0.1) is 0 Å². The van der Waals surface area contributed by atoms with E-state index in [2.05, 4.69) is 27.0 Å². The zero-order chi connectivity index (χ0) is 16.1. The fraction of sp³-hybridized carbons (Fsp3) is 0.444. The number of piperidine rings is 1. The van der Waals surface area contributed by atoms with Crippen molar-refractivity contribution in [2.75, 3.05) is 27.3 Å². The molecule has 23 heavy (non-hydrogen) atoms. The molecular weight excluding hydrogens is 290 g/mol. The molecule has 1 aromatic carbocycles. The predicted molar refractivity (Wildman–Crippen MR) is 88.8 cm³/mol. The number of ether oxygens (including phenoxy) is 2. The molecule has 1 aliphatic rings. The van der Waals surface area contributed by atoms with Crippen LogP contribution in [0.4, 0.5) is 0 Å². The molecule has 2 heterocycles. The Kier molecular flexibility index (Phi) is 5.08. The van der Waals surface area contributed by atoms with Gasteiger partial charge in [0.25, 0.3) is 0 Å². The van der Waals surface area contributed by atoms with Crippen molar-refractivity contribution in [3.05, 3.63) is 48.0 Å². The average Bonchev–Trinajstić information content (AvgIpc) is 2.63. The Balaban J connectivity index is 1.62. The first kappa shape index (κ1) is 15.7. The molecule has 1 aliphatic heterocycles. The molecule has 0 bridgehead atoms. The van der Waals surface area contributed by atoms with Crippen molar-refractivity contribution in [1.82, 2.24) is 14.9 Å². The van der Waals surface area contributed by atoms with Gasteiger partial charge in [-0.25, -0.2) is 9.97 Å². The molecule has 3 rings (SSSR count). The maximum Gasteiger partial charge on any atom is 0.155 e. The first-order valence-electron chi connectivity index (χ1n) is 7.99. The molecule has 0 saturated carbocycles. The molecular formula is C18H23N3O2. The number of aromatic nitrogens is 2. The third-order valence-electron chi connectivity index (χ3n) is 4.38. The molecule has 122 valence electrons. The Morgan fingerprint density at radius 2 is 1.74 bits per heavy atom. The van der Waals surface area contributed by atoms with Crippen LogP contribution in [0.1, 0.15) is 30.1 Å². The van der Waals surface area contributed by atoms with Gasteiger partial charge >= 0.3 is 0 Å². The van der Waals surface area contributed by atoms with Crippen LogP contribution in [0.3, 0.4) is 0 Å². The van der Waals surface area contributed by atoms with Crippen LogP contribution in [0.15, 0.2) is 36.7 Å². The lowest BCUT2D eigenvalue weighted by Crippen LogP contribution is -2.34. The van der Waals surface area contributed by atoms with E-state index in [1.165, 1.54) is 18.4 Å². The first-order chi connectivity index (χ1) is 11.3. The van der Waals surface area contributed by atoms with Gasteiger partial charge in [0.2, 0.25) is 0 Å². The second-order valence-electron chi connectivity index (χ2n) is 5.89. The fourth-order valence-corrected chi connectivity index (χ4v) is 3.08. The number of hydrogen-bond donors (Lipinski definition) is 0. The van der Waals surface area contributed by atoms with Gasteiger partial charge in [0.05, 0.1) is 33.2 Å². The lowest BCUT2D eigenvalue weighted by molar-refractivity contribution is 0.195. The quantitative estimate of drug-likeness (QED) is 0.849. The van der Waals surface area contributed by atoms with Crippen LogP contribution < -0.4 is 9.47 Å². The maximum absolute atomic E-state index is 5.24. The number of benzene rings is 1. The van der Waals surface area contributed by atoms with Crippen LogP contribution in [0.5, 0.6) is 11.5 Å². The third-order valence-corrected chi connectivity index (χ3v) is 4.38. The number of hydrogen-bond acceptors (Lipinski definition) is 5. The van der Waals surface area contributed by atoms with E-state index in [0.717, 1.165) is 31.2 Å². The van der Waals surface area contributed by atoms with E-state index >= 15 is 0 Å². The van der Waals surface area contributed by atoms with Gasteiger partial charge in [-0.1, -0.05) is 12.1 Å². The molecule has 0 radical (unpaired) electrons. The van der Waals surface area contributed by atoms with E-state index < -0.39 is 0 Å². The van der Waals surface area contributed by atoms with Gasteiger partial charge in [-0.2, -0.15) is 0 Å². The molecule has 1 unspecified atom stereocenters. The zero-order valence-corrected chi connectivity index (χ0v) is 13.7. The highest BCUT2D eigenvalue weighted by Gasteiger charge is 2.22. The number of likely N-dealkylation sites (tertiary alicyclic amines) is 1. The zero-order valence-electron chi connectivity index (χ0n) is 13.7. The van der Waals surface area contributed by atoms with Crippen molar-refractivity contribution >= 4 is 0 Å². The highest BCUT2D eigenvalue weighted by molar-refractivity contribution is 5.29. The summed E-state index contributed by atoms with van der Waals surface area (Å²) in [4.78, 5) is 11.2. The van der Waals surface area contributed by atoms with Crippen LogP contribution in [0, 0.1) is 0 Å². The highest BCUT2D eigenvalue weighted by atomic mass is 16.5. The van der Waals surface area contributed by atoms with Crippen LogP contribution in [0.25, 0.3) is 0 Å².